The van der Waals surface area contributed by atoms with E-state index in [9.17, 15) is 14.4 Å². The summed E-state index contributed by atoms with van der Waals surface area (Å²) >= 11 is 0. The van der Waals surface area contributed by atoms with E-state index in [1.807, 2.05) is 0 Å². The zero-order valence-corrected chi connectivity index (χ0v) is 9.34. The van der Waals surface area contributed by atoms with Crippen molar-refractivity contribution in [3.05, 3.63) is 35.9 Å². The fourth-order valence-corrected chi connectivity index (χ4v) is 1.32. The molecule has 0 spiro atoms. The molecule has 17 heavy (non-hydrogen) atoms. The molecule has 0 aliphatic carbocycles. The number of carboxylic acids is 1. The van der Waals surface area contributed by atoms with Crippen molar-refractivity contribution in [3.63, 3.8) is 0 Å². The number of benzene rings is 1. The van der Waals surface area contributed by atoms with Crippen molar-refractivity contribution in [2.45, 2.75) is 19.4 Å². The van der Waals surface area contributed by atoms with Crippen LogP contribution in [-0.4, -0.2) is 28.8 Å². The van der Waals surface area contributed by atoms with Crippen molar-refractivity contribution < 1.29 is 19.5 Å². The van der Waals surface area contributed by atoms with Gasteiger partial charge in [-0.1, -0.05) is 18.2 Å². The van der Waals surface area contributed by atoms with Crippen LogP contribution in [0.25, 0.3) is 0 Å². The quantitative estimate of drug-likeness (QED) is 0.792. The van der Waals surface area contributed by atoms with E-state index < -0.39 is 17.9 Å². The second kappa shape index (κ2) is 5.79. The van der Waals surface area contributed by atoms with Crippen molar-refractivity contribution in [2.75, 3.05) is 0 Å². The first-order valence-electron chi connectivity index (χ1n) is 5.09. The Morgan fingerprint density at radius 1 is 1.24 bits per heavy atom. The van der Waals surface area contributed by atoms with E-state index in [1.165, 1.54) is 6.92 Å². The third-order valence-electron chi connectivity index (χ3n) is 2.13. The molecule has 5 heteroatoms. The maximum Gasteiger partial charge on any atom is 0.326 e. The summed E-state index contributed by atoms with van der Waals surface area (Å²) in [7, 11) is 0. The number of rotatable bonds is 5. The lowest BCUT2D eigenvalue weighted by Gasteiger charge is -2.12. The third kappa shape index (κ3) is 4.06. The molecule has 0 saturated carbocycles. The highest BCUT2D eigenvalue weighted by Crippen LogP contribution is 2.01. The molecule has 1 rings (SSSR count). The molecule has 1 unspecified atom stereocenters. The van der Waals surface area contributed by atoms with E-state index in [0.717, 1.165) is 0 Å². The van der Waals surface area contributed by atoms with Crippen molar-refractivity contribution in [3.8, 4) is 0 Å². The summed E-state index contributed by atoms with van der Waals surface area (Å²) in [6, 6.07) is 7.07. The summed E-state index contributed by atoms with van der Waals surface area (Å²) in [6.45, 7) is 1.28. The van der Waals surface area contributed by atoms with Gasteiger partial charge in [0.2, 0.25) is 0 Å². The van der Waals surface area contributed by atoms with Crippen LogP contribution in [-0.2, 0) is 9.59 Å². The maximum atomic E-state index is 11.7. The first-order valence-corrected chi connectivity index (χ1v) is 5.09. The number of nitrogens with one attached hydrogen (secondary N) is 1. The molecule has 1 aromatic carbocycles. The molecule has 0 aliphatic rings. The number of carboxylic acid groups (broad SMARTS) is 1. The van der Waals surface area contributed by atoms with Crippen LogP contribution in [0, 0.1) is 0 Å². The molecule has 1 atom stereocenters. The van der Waals surface area contributed by atoms with Gasteiger partial charge in [0, 0.05) is 12.0 Å². The van der Waals surface area contributed by atoms with Crippen LogP contribution in [0.1, 0.15) is 23.7 Å². The Hall–Kier alpha value is -2.17. The Morgan fingerprint density at radius 3 is 2.29 bits per heavy atom. The molecule has 0 fully saturated rings. The van der Waals surface area contributed by atoms with Gasteiger partial charge in [0.15, 0.2) is 0 Å². The average molecular weight is 235 g/mol. The highest BCUT2D eigenvalue weighted by molar-refractivity contribution is 5.97. The predicted octanol–water partition coefficient (Wildman–Crippen LogP) is 0.849. The molecule has 1 amide bonds. The summed E-state index contributed by atoms with van der Waals surface area (Å²) in [5.74, 6) is -2.01. The molecular weight excluding hydrogens is 222 g/mol. The van der Waals surface area contributed by atoms with Crippen LogP contribution in [0.5, 0.6) is 0 Å². The maximum absolute atomic E-state index is 11.7. The lowest BCUT2D eigenvalue weighted by atomic mass is 10.1. The Balaban J connectivity index is 2.71. The predicted molar refractivity (Wildman–Crippen MR) is 60.6 cm³/mol. The normalized spacial score (nSPS) is 11.6. The Morgan fingerprint density at radius 2 is 1.82 bits per heavy atom. The summed E-state index contributed by atoms with van der Waals surface area (Å²) < 4.78 is 0. The second-order valence-corrected chi connectivity index (χ2v) is 3.64. The summed E-state index contributed by atoms with van der Waals surface area (Å²) in [6.07, 6.45) is -0.214. The van der Waals surface area contributed by atoms with E-state index in [2.05, 4.69) is 5.32 Å². The number of amides is 1. The molecular formula is C12H13NO4. The molecule has 0 bridgehead atoms. The van der Waals surface area contributed by atoms with E-state index in [1.54, 1.807) is 30.3 Å². The van der Waals surface area contributed by atoms with Gasteiger partial charge in [-0.05, 0) is 19.1 Å². The van der Waals surface area contributed by atoms with Gasteiger partial charge in [-0.2, -0.15) is 0 Å². The summed E-state index contributed by atoms with van der Waals surface area (Å²) in [5, 5.41) is 11.2. The molecule has 1 aromatic rings. The molecule has 0 heterocycles. The highest BCUT2D eigenvalue weighted by atomic mass is 16.4. The zero-order chi connectivity index (χ0) is 12.8. The molecule has 0 aliphatic heterocycles. The Kier molecular flexibility index (Phi) is 4.39. The minimum atomic E-state index is -1.22. The number of carbonyl (C=O) groups excluding carboxylic acids is 2. The number of hydrogen-bond donors (Lipinski definition) is 2. The fraction of sp³-hybridized carbons (Fsp3) is 0.250. The van der Waals surface area contributed by atoms with E-state index >= 15 is 0 Å². The van der Waals surface area contributed by atoms with Gasteiger partial charge in [0.1, 0.15) is 11.8 Å². The van der Waals surface area contributed by atoms with Gasteiger partial charge < -0.3 is 10.4 Å². The summed E-state index contributed by atoms with van der Waals surface area (Å²) in [5.41, 5.74) is 0.363. The molecule has 5 nitrogen and oxygen atoms in total. The SMILES string of the molecule is CC(=O)CC(NC(=O)c1ccccc1)C(=O)O. The number of carbonyl (C=O) groups is 3. The fourth-order valence-electron chi connectivity index (χ4n) is 1.32. The van der Waals surface area contributed by atoms with Gasteiger partial charge in [0.05, 0.1) is 0 Å². The monoisotopic (exact) mass is 235 g/mol. The number of ketones is 1. The lowest BCUT2D eigenvalue weighted by molar-refractivity contribution is -0.140. The molecule has 90 valence electrons. The molecule has 0 saturated heterocycles. The van der Waals surface area contributed by atoms with Crippen LogP contribution in [0.4, 0.5) is 0 Å². The highest BCUT2D eigenvalue weighted by Gasteiger charge is 2.21. The first kappa shape index (κ1) is 12.9. The Labute approximate surface area is 98.4 Å². The van der Waals surface area contributed by atoms with E-state index in [-0.39, 0.29) is 12.2 Å². The first-order chi connectivity index (χ1) is 8.00. The minimum Gasteiger partial charge on any atom is -0.480 e. The second-order valence-electron chi connectivity index (χ2n) is 3.64. The largest absolute Gasteiger partial charge is 0.480 e. The van der Waals surface area contributed by atoms with Crippen molar-refractivity contribution >= 4 is 17.7 Å². The van der Waals surface area contributed by atoms with Crippen LogP contribution in [0.3, 0.4) is 0 Å². The summed E-state index contributed by atoms with van der Waals surface area (Å²) in [4.78, 5) is 33.4. The van der Waals surface area contributed by atoms with Crippen LogP contribution in [0.15, 0.2) is 30.3 Å². The average Bonchev–Trinajstić information content (AvgIpc) is 2.28. The van der Waals surface area contributed by atoms with Gasteiger partial charge in [-0.15, -0.1) is 0 Å². The van der Waals surface area contributed by atoms with Crippen molar-refractivity contribution in [1.82, 2.24) is 5.32 Å². The molecule has 0 aromatic heterocycles. The number of aliphatic carboxylic acids is 1. The minimum absolute atomic E-state index is 0.214. The van der Waals surface area contributed by atoms with Crippen LogP contribution in [0.2, 0.25) is 0 Å². The smallest absolute Gasteiger partial charge is 0.326 e. The van der Waals surface area contributed by atoms with Gasteiger partial charge in [0.25, 0.3) is 5.91 Å². The van der Waals surface area contributed by atoms with Crippen molar-refractivity contribution in [2.24, 2.45) is 0 Å². The van der Waals surface area contributed by atoms with Crippen LogP contribution < -0.4 is 5.32 Å². The third-order valence-corrected chi connectivity index (χ3v) is 2.13. The molecule has 0 radical (unpaired) electrons. The van der Waals surface area contributed by atoms with Crippen molar-refractivity contribution in [1.29, 1.82) is 0 Å². The van der Waals surface area contributed by atoms with Gasteiger partial charge in [-0.25, -0.2) is 4.79 Å². The van der Waals surface area contributed by atoms with Crippen LogP contribution >= 0.6 is 0 Å². The number of Topliss-reactive ketones (excluding diaryl/α,β-unsaturated/α-hetero) is 1. The standard InChI is InChI=1S/C12H13NO4/c1-8(14)7-10(12(16)17)13-11(15)9-5-3-2-4-6-9/h2-6,10H,7H2,1H3,(H,13,15)(H,16,17). The van der Waals surface area contributed by atoms with E-state index in [4.69, 9.17) is 5.11 Å². The van der Waals surface area contributed by atoms with E-state index in [0.29, 0.717) is 5.56 Å². The molecule has 2 N–H and O–H groups in total. The topological polar surface area (TPSA) is 83.5 Å². The zero-order valence-electron chi connectivity index (χ0n) is 9.34. The van der Waals surface area contributed by atoms with Gasteiger partial charge >= 0.3 is 5.97 Å². The lowest BCUT2D eigenvalue weighted by Crippen LogP contribution is -2.41. The van der Waals surface area contributed by atoms with Gasteiger partial charge in [-0.3, -0.25) is 9.59 Å². The Bertz CT molecular complexity index is 427. The number of hydrogen-bond acceptors (Lipinski definition) is 3.